The standard InChI is InChI=1S/C19H25N3OS2/c23-16(20-10-13-6-2-1-3-7-13)11-24-18-17-14-8-4-5-9-15(14)25-19(17)22-12-21-18/h12-13H,1-11H2,(H,20,23). The van der Waals surface area contributed by atoms with Crippen LogP contribution in [0.5, 0.6) is 0 Å². The molecule has 0 spiro atoms. The minimum atomic E-state index is 0.131. The Kier molecular flexibility index (Phi) is 5.56. The van der Waals surface area contributed by atoms with E-state index in [1.54, 1.807) is 18.1 Å². The maximum Gasteiger partial charge on any atom is 0.230 e. The molecule has 2 aliphatic carbocycles. The largest absolute Gasteiger partial charge is 0.355 e. The van der Waals surface area contributed by atoms with E-state index in [4.69, 9.17) is 0 Å². The number of fused-ring (bicyclic) bond motifs is 3. The van der Waals surface area contributed by atoms with Crippen LogP contribution in [0.15, 0.2) is 11.4 Å². The van der Waals surface area contributed by atoms with Gasteiger partial charge in [-0.2, -0.15) is 0 Å². The highest BCUT2D eigenvalue weighted by atomic mass is 32.2. The van der Waals surface area contributed by atoms with Gasteiger partial charge in [-0.25, -0.2) is 9.97 Å². The van der Waals surface area contributed by atoms with E-state index in [0.717, 1.165) is 22.8 Å². The molecule has 1 amide bonds. The zero-order valence-corrected chi connectivity index (χ0v) is 16.2. The molecular weight excluding hydrogens is 350 g/mol. The van der Waals surface area contributed by atoms with Crippen LogP contribution in [0.3, 0.4) is 0 Å². The van der Waals surface area contributed by atoms with Gasteiger partial charge in [-0.15, -0.1) is 11.3 Å². The fourth-order valence-corrected chi connectivity index (χ4v) is 6.15. The van der Waals surface area contributed by atoms with Crippen molar-refractivity contribution in [1.82, 2.24) is 15.3 Å². The van der Waals surface area contributed by atoms with E-state index in [2.05, 4.69) is 15.3 Å². The fraction of sp³-hybridized carbons (Fsp3) is 0.632. The summed E-state index contributed by atoms with van der Waals surface area (Å²) in [6, 6.07) is 0. The van der Waals surface area contributed by atoms with Crippen LogP contribution in [-0.4, -0.2) is 28.2 Å². The van der Waals surface area contributed by atoms with Crippen molar-refractivity contribution >= 4 is 39.2 Å². The van der Waals surface area contributed by atoms with Crippen molar-refractivity contribution in [1.29, 1.82) is 0 Å². The number of aryl methyl sites for hydroxylation is 2. The quantitative estimate of drug-likeness (QED) is 0.623. The third-order valence-corrected chi connectivity index (χ3v) is 7.56. The molecule has 0 bridgehead atoms. The van der Waals surface area contributed by atoms with Crippen molar-refractivity contribution in [2.24, 2.45) is 5.92 Å². The Labute approximate surface area is 157 Å². The summed E-state index contributed by atoms with van der Waals surface area (Å²) in [4.78, 5) is 23.8. The summed E-state index contributed by atoms with van der Waals surface area (Å²) >= 11 is 3.38. The third-order valence-electron chi connectivity index (χ3n) is 5.37. The smallest absolute Gasteiger partial charge is 0.230 e. The number of amides is 1. The predicted octanol–water partition coefficient (Wildman–Crippen LogP) is 4.36. The number of nitrogens with one attached hydrogen (secondary N) is 1. The van der Waals surface area contributed by atoms with Gasteiger partial charge < -0.3 is 5.32 Å². The topological polar surface area (TPSA) is 54.9 Å². The zero-order chi connectivity index (χ0) is 17.1. The molecule has 1 saturated carbocycles. The van der Waals surface area contributed by atoms with Gasteiger partial charge in [-0.05, 0) is 50.0 Å². The Morgan fingerprint density at radius 1 is 1.16 bits per heavy atom. The van der Waals surface area contributed by atoms with Gasteiger partial charge in [0.15, 0.2) is 0 Å². The number of aromatic nitrogens is 2. The lowest BCUT2D eigenvalue weighted by Gasteiger charge is -2.21. The van der Waals surface area contributed by atoms with Crippen molar-refractivity contribution in [3.05, 3.63) is 16.8 Å². The minimum absolute atomic E-state index is 0.131. The van der Waals surface area contributed by atoms with Crippen LogP contribution in [0, 0.1) is 5.92 Å². The lowest BCUT2D eigenvalue weighted by Crippen LogP contribution is -2.31. The molecule has 1 N–H and O–H groups in total. The molecule has 0 aromatic carbocycles. The molecule has 0 saturated heterocycles. The van der Waals surface area contributed by atoms with Gasteiger partial charge in [0.1, 0.15) is 16.2 Å². The molecule has 0 aliphatic heterocycles. The lowest BCUT2D eigenvalue weighted by atomic mass is 9.89. The first kappa shape index (κ1) is 17.3. The number of carbonyl (C=O) groups excluding carboxylic acids is 1. The normalized spacial score (nSPS) is 18.2. The van der Waals surface area contributed by atoms with Crippen LogP contribution in [-0.2, 0) is 17.6 Å². The summed E-state index contributed by atoms with van der Waals surface area (Å²) in [5.74, 6) is 1.26. The van der Waals surface area contributed by atoms with E-state index in [1.807, 2.05) is 11.3 Å². The van der Waals surface area contributed by atoms with Crippen molar-refractivity contribution in [2.75, 3.05) is 12.3 Å². The summed E-state index contributed by atoms with van der Waals surface area (Å²) in [6.45, 7) is 0.840. The number of rotatable bonds is 5. The summed E-state index contributed by atoms with van der Waals surface area (Å²) in [6.07, 6.45) is 13.0. The summed E-state index contributed by atoms with van der Waals surface area (Å²) in [7, 11) is 0. The van der Waals surface area contributed by atoms with Crippen LogP contribution in [0.2, 0.25) is 0 Å². The molecule has 2 aromatic rings. The average molecular weight is 376 g/mol. The average Bonchev–Trinajstić information content (AvgIpc) is 3.04. The number of nitrogens with zero attached hydrogens (tertiary/aromatic N) is 2. The minimum Gasteiger partial charge on any atom is -0.355 e. The molecule has 25 heavy (non-hydrogen) atoms. The molecule has 0 unspecified atom stereocenters. The van der Waals surface area contributed by atoms with Crippen LogP contribution in [0.1, 0.15) is 55.4 Å². The monoisotopic (exact) mass is 375 g/mol. The second-order valence-corrected chi connectivity index (χ2v) is 9.21. The first-order valence-corrected chi connectivity index (χ1v) is 11.3. The Hall–Kier alpha value is -1.14. The predicted molar refractivity (Wildman–Crippen MR) is 104 cm³/mol. The number of hydrogen-bond acceptors (Lipinski definition) is 5. The van der Waals surface area contributed by atoms with Gasteiger partial charge in [0.25, 0.3) is 0 Å². The second-order valence-electron chi connectivity index (χ2n) is 7.17. The van der Waals surface area contributed by atoms with Gasteiger partial charge in [-0.3, -0.25) is 4.79 Å². The van der Waals surface area contributed by atoms with Gasteiger partial charge in [0, 0.05) is 16.8 Å². The maximum absolute atomic E-state index is 12.2. The van der Waals surface area contributed by atoms with Crippen molar-refractivity contribution in [3.63, 3.8) is 0 Å². The van der Waals surface area contributed by atoms with Crippen molar-refractivity contribution in [3.8, 4) is 0 Å². The third kappa shape index (κ3) is 4.00. The first-order chi connectivity index (χ1) is 12.3. The Balaban J connectivity index is 1.39. The highest BCUT2D eigenvalue weighted by Crippen LogP contribution is 2.39. The number of hydrogen-bond donors (Lipinski definition) is 1. The van der Waals surface area contributed by atoms with Gasteiger partial charge in [-0.1, -0.05) is 31.0 Å². The summed E-state index contributed by atoms with van der Waals surface area (Å²) in [5.41, 5.74) is 1.44. The lowest BCUT2D eigenvalue weighted by molar-refractivity contribution is -0.118. The molecule has 2 aromatic heterocycles. The number of thioether (sulfide) groups is 1. The molecule has 1 fully saturated rings. The van der Waals surface area contributed by atoms with E-state index in [0.29, 0.717) is 11.7 Å². The molecule has 0 atom stereocenters. The highest BCUT2D eigenvalue weighted by molar-refractivity contribution is 8.00. The molecule has 4 nitrogen and oxygen atoms in total. The fourth-order valence-electron chi connectivity index (χ4n) is 4.01. The molecule has 2 aliphatic rings. The van der Waals surface area contributed by atoms with Crippen LogP contribution >= 0.6 is 23.1 Å². The number of carbonyl (C=O) groups is 1. The first-order valence-electron chi connectivity index (χ1n) is 9.46. The van der Waals surface area contributed by atoms with Crippen LogP contribution in [0.4, 0.5) is 0 Å². The van der Waals surface area contributed by atoms with Crippen molar-refractivity contribution in [2.45, 2.75) is 62.8 Å². The SMILES string of the molecule is O=C(CSc1ncnc2sc3c(c12)CCCC3)NCC1CCCCC1. The Morgan fingerprint density at radius 3 is 2.88 bits per heavy atom. The number of thiophene rings is 1. The van der Waals surface area contributed by atoms with E-state index in [9.17, 15) is 4.79 Å². The summed E-state index contributed by atoms with van der Waals surface area (Å²) in [5, 5.41) is 5.32. The van der Waals surface area contributed by atoms with E-state index in [1.165, 1.54) is 67.2 Å². The molecule has 4 rings (SSSR count). The van der Waals surface area contributed by atoms with Gasteiger partial charge in [0.05, 0.1) is 5.75 Å². The van der Waals surface area contributed by atoms with E-state index < -0.39 is 0 Å². The molecule has 2 heterocycles. The van der Waals surface area contributed by atoms with E-state index >= 15 is 0 Å². The molecule has 134 valence electrons. The second kappa shape index (κ2) is 8.04. The molecule has 6 heteroatoms. The summed E-state index contributed by atoms with van der Waals surface area (Å²) < 4.78 is 0. The van der Waals surface area contributed by atoms with Crippen LogP contribution < -0.4 is 5.32 Å². The Morgan fingerprint density at radius 2 is 2.00 bits per heavy atom. The molecule has 0 radical (unpaired) electrons. The van der Waals surface area contributed by atoms with E-state index in [-0.39, 0.29) is 5.91 Å². The Bertz CT molecular complexity index is 752. The van der Waals surface area contributed by atoms with Crippen LogP contribution in [0.25, 0.3) is 10.2 Å². The molecular formula is C19H25N3OS2. The maximum atomic E-state index is 12.2. The van der Waals surface area contributed by atoms with Gasteiger partial charge in [0.2, 0.25) is 5.91 Å². The zero-order valence-electron chi connectivity index (χ0n) is 14.6. The van der Waals surface area contributed by atoms with Gasteiger partial charge >= 0.3 is 0 Å². The highest BCUT2D eigenvalue weighted by Gasteiger charge is 2.20. The van der Waals surface area contributed by atoms with Crippen molar-refractivity contribution < 1.29 is 4.79 Å².